The summed E-state index contributed by atoms with van der Waals surface area (Å²) in [4.78, 5) is 24.0. The molecule has 0 saturated heterocycles. The van der Waals surface area contributed by atoms with Crippen molar-refractivity contribution in [2.24, 2.45) is 5.92 Å². The number of hydrogen-bond donors (Lipinski definition) is 0. The van der Waals surface area contributed by atoms with Crippen LogP contribution in [0.2, 0.25) is 0 Å². The number of esters is 2. The highest BCUT2D eigenvalue weighted by atomic mass is 16.5. The van der Waals surface area contributed by atoms with Crippen LogP contribution in [0.5, 0.6) is 0 Å². The standard InChI is InChI=1S/C17H22O4/c1-11(2)10-14(13-8-6-12(3)7-9-13)15(16(18)20-4)17(19)21-5/h6-9,14-15H,1,10H2,2-5H3. The second-order valence-electron chi connectivity index (χ2n) is 5.20. The van der Waals surface area contributed by atoms with Crippen molar-refractivity contribution in [1.29, 1.82) is 0 Å². The van der Waals surface area contributed by atoms with Crippen LogP contribution in [0.15, 0.2) is 36.4 Å². The second kappa shape index (κ2) is 7.62. The Morgan fingerprint density at radius 1 is 1.10 bits per heavy atom. The van der Waals surface area contributed by atoms with Gasteiger partial charge in [-0.15, -0.1) is 6.58 Å². The van der Waals surface area contributed by atoms with Crippen LogP contribution in [0.25, 0.3) is 0 Å². The Kier molecular flexibility index (Phi) is 6.15. The van der Waals surface area contributed by atoms with Gasteiger partial charge in [-0.05, 0) is 25.8 Å². The summed E-state index contributed by atoms with van der Waals surface area (Å²) >= 11 is 0. The average molecular weight is 290 g/mol. The molecule has 0 saturated carbocycles. The molecule has 1 unspecified atom stereocenters. The van der Waals surface area contributed by atoms with Gasteiger partial charge < -0.3 is 9.47 Å². The van der Waals surface area contributed by atoms with Gasteiger partial charge in [0, 0.05) is 5.92 Å². The van der Waals surface area contributed by atoms with E-state index < -0.39 is 17.9 Å². The monoisotopic (exact) mass is 290 g/mol. The van der Waals surface area contributed by atoms with Gasteiger partial charge in [0.25, 0.3) is 0 Å². The first-order valence-corrected chi connectivity index (χ1v) is 6.77. The molecule has 114 valence electrons. The van der Waals surface area contributed by atoms with E-state index in [0.717, 1.165) is 16.7 Å². The fourth-order valence-corrected chi connectivity index (χ4v) is 2.30. The predicted octanol–water partition coefficient (Wildman–Crippen LogP) is 3.01. The summed E-state index contributed by atoms with van der Waals surface area (Å²) in [5, 5.41) is 0. The summed E-state index contributed by atoms with van der Waals surface area (Å²) in [7, 11) is 2.54. The van der Waals surface area contributed by atoms with E-state index in [-0.39, 0.29) is 5.92 Å². The number of methoxy groups -OCH3 is 2. The van der Waals surface area contributed by atoms with Gasteiger partial charge in [0.1, 0.15) is 0 Å². The summed E-state index contributed by atoms with van der Waals surface area (Å²) in [6, 6.07) is 7.74. The van der Waals surface area contributed by atoms with E-state index in [1.165, 1.54) is 14.2 Å². The average Bonchev–Trinajstić information content (AvgIpc) is 2.46. The normalized spacial score (nSPS) is 11.9. The Balaban J connectivity index is 3.25. The molecule has 1 atom stereocenters. The third kappa shape index (κ3) is 4.45. The van der Waals surface area contributed by atoms with E-state index in [1.807, 2.05) is 38.1 Å². The lowest BCUT2D eigenvalue weighted by atomic mass is 9.81. The maximum atomic E-state index is 12.0. The summed E-state index contributed by atoms with van der Waals surface area (Å²) in [6.07, 6.45) is 0.512. The zero-order valence-corrected chi connectivity index (χ0v) is 13.0. The maximum absolute atomic E-state index is 12.0. The summed E-state index contributed by atoms with van der Waals surface area (Å²) in [6.45, 7) is 7.74. The number of hydrogen-bond acceptors (Lipinski definition) is 4. The minimum absolute atomic E-state index is 0.344. The number of rotatable bonds is 6. The molecule has 0 aliphatic rings. The summed E-state index contributed by atoms with van der Waals surface area (Å²) in [5.41, 5.74) is 2.89. The van der Waals surface area contributed by atoms with Gasteiger partial charge in [0.2, 0.25) is 0 Å². The van der Waals surface area contributed by atoms with E-state index in [9.17, 15) is 9.59 Å². The van der Waals surface area contributed by atoms with Crippen molar-refractivity contribution in [3.63, 3.8) is 0 Å². The summed E-state index contributed by atoms with van der Waals surface area (Å²) < 4.78 is 9.55. The molecule has 1 aromatic carbocycles. The molecule has 0 fully saturated rings. The minimum Gasteiger partial charge on any atom is -0.468 e. The molecule has 0 bridgehead atoms. The molecular weight excluding hydrogens is 268 g/mol. The van der Waals surface area contributed by atoms with Crippen LogP contribution in [0.1, 0.15) is 30.4 Å². The molecule has 4 nitrogen and oxygen atoms in total. The van der Waals surface area contributed by atoms with Crippen molar-refractivity contribution in [3.8, 4) is 0 Å². The molecular formula is C17H22O4. The first kappa shape index (κ1) is 17.0. The zero-order chi connectivity index (χ0) is 16.0. The summed E-state index contributed by atoms with van der Waals surface area (Å²) in [5.74, 6) is -2.51. The van der Waals surface area contributed by atoms with E-state index in [1.54, 1.807) is 0 Å². The molecule has 0 aliphatic heterocycles. The fourth-order valence-electron chi connectivity index (χ4n) is 2.30. The molecule has 1 rings (SSSR count). The molecule has 0 radical (unpaired) electrons. The van der Waals surface area contributed by atoms with Crippen LogP contribution < -0.4 is 0 Å². The molecule has 1 aromatic rings. The van der Waals surface area contributed by atoms with Gasteiger partial charge in [0.15, 0.2) is 5.92 Å². The molecule has 0 aliphatic carbocycles. The Labute approximate surface area is 125 Å². The van der Waals surface area contributed by atoms with Crippen LogP contribution in [-0.2, 0) is 19.1 Å². The quantitative estimate of drug-likeness (QED) is 0.459. The number of benzene rings is 1. The Morgan fingerprint density at radius 2 is 1.57 bits per heavy atom. The predicted molar refractivity (Wildman–Crippen MR) is 80.9 cm³/mol. The number of carbonyl (C=O) groups excluding carboxylic acids is 2. The van der Waals surface area contributed by atoms with Gasteiger partial charge in [0.05, 0.1) is 14.2 Å². The molecule has 21 heavy (non-hydrogen) atoms. The fraction of sp³-hybridized carbons (Fsp3) is 0.412. The van der Waals surface area contributed by atoms with Crippen LogP contribution in [0, 0.1) is 12.8 Å². The van der Waals surface area contributed by atoms with Crippen molar-refractivity contribution < 1.29 is 19.1 Å². The van der Waals surface area contributed by atoms with Gasteiger partial charge in [-0.3, -0.25) is 9.59 Å². The third-order valence-electron chi connectivity index (χ3n) is 3.39. The maximum Gasteiger partial charge on any atom is 0.320 e. The smallest absolute Gasteiger partial charge is 0.320 e. The van der Waals surface area contributed by atoms with Crippen LogP contribution in [-0.4, -0.2) is 26.2 Å². The lowest BCUT2D eigenvalue weighted by molar-refractivity contribution is -0.160. The Hall–Kier alpha value is -2.10. The van der Waals surface area contributed by atoms with Crippen LogP contribution in [0.3, 0.4) is 0 Å². The van der Waals surface area contributed by atoms with Crippen LogP contribution >= 0.6 is 0 Å². The molecule has 0 spiro atoms. The Bertz CT molecular complexity index is 500. The third-order valence-corrected chi connectivity index (χ3v) is 3.39. The van der Waals surface area contributed by atoms with Crippen LogP contribution in [0.4, 0.5) is 0 Å². The van der Waals surface area contributed by atoms with E-state index >= 15 is 0 Å². The van der Waals surface area contributed by atoms with E-state index in [2.05, 4.69) is 6.58 Å². The second-order valence-corrected chi connectivity index (χ2v) is 5.20. The van der Waals surface area contributed by atoms with E-state index in [4.69, 9.17) is 9.47 Å². The molecule has 0 amide bonds. The number of ether oxygens (including phenoxy) is 2. The van der Waals surface area contributed by atoms with Crippen molar-refractivity contribution in [2.45, 2.75) is 26.2 Å². The van der Waals surface area contributed by atoms with Gasteiger partial charge in [-0.1, -0.05) is 35.4 Å². The SMILES string of the molecule is C=C(C)CC(c1ccc(C)cc1)C(C(=O)OC)C(=O)OC. The topological polar surface area (TPSA) is 52.6 Å². The first-order valence-electron chi connectivity index (χ1n) is 6.77. The molecule has 0 aromatic heterocycles. The van der Waals surface area contributed by atoms with Crippen molar-refractivity contribution >= 4 is 11.9 Å². The van der Waals surface area contributed by atoms with Crippen molar-refractivity contribution in [3.05, 3.63) is 47.5 Å². The lowest BCUT2D eigenvalue weighted by Gasteiger charge is -2.24. The van der Waals surface area contributed by atoms with Gasteiger partial charge >= 0.3 is 11.9 Å². The highest BCUT2D eigenvalue weighted by Gasteiger charge is 2.37. The van der Waals surface area contributed by atoms with Gasteiger partial charge in [-0.2, -0.15) is 0 Å². The lowest BCUT2D eigenvalue weighted by Crippen LogP contribution is -2.32. The number of aryl methyl sites for hydroxylation is 1. The molecule has 0 N–H and O–H groups in total. The largest absolute Gasteiger partial charge is 0.468 e. The highest BCUT2D eigenvalue weighted by molar-refractivity contribution is 5.96. The highest BCUT2D eigenvalue weighted by Crippen LogP contribution is 2.32. The Morgan fingerprint density at radius 3 is 1.95 bits per heavy atom. The van der Waals surface area contributed by atoms with Crippen molar-refractivity contribution in [1.82, 2.24) is 0 Å². The van der Waals surface area contributed by atoms with Crippen molar-refractivity contribution in [2.75, 3.05) is 14.2 Å². The van der Waals surface area contributed by atoms with Gasteiger partial charge in [-0.25, -0.2) is 0 Å². The molecule has 4 heteroatoms. The zero-order valence-electron chi connectivity index (χ0n) is 13.0. The first-order chi connectivity index (χ1) is 9.90. The van der Waals surface area contributed by atoms with E-state index in [0.29, 0.717) is 6.42 Å². The minimum atomic E-state index is -0.987. The number of allylic oxidation sites excluding steroid dienone is 1. The number of carbonyl (C=O) groups is 2. The molecule has 0 heterocycles.